The number of aliphatic carboxylic acids is 2. The molecular weight excluding hydrogens is 1270 g/mol. The van der Waals surface area contributed by atoms with Crippen molar-refractivity contribution in [2.75, 3.05) is 133 Å². The molecule has 21 nitrogen and oxygen atoms in total. The number of benzene rings is 4. The number of guanidine groups is 2. The van der Waals surface area contributed by atoms with Gasteiger partial charge in [0.2, 0.25) is 11.8 Å². The number of alkyl halides is 6. The molecule has 0 atom stereocenters. The van der Waals surface area contributed by atoms with Gasteiger partial charge in [0.15, 0.2) is 11.9 Å². The molecule has 2 fully saturated rings. The second kappa shape index (κ2) is 46.7. The van der Waals surface area contributed by atoms with Gasteiger partial charge >= 0.3 is 24.3 Å². The van der Waals surface area contributed by atoms with Crippen LogP contribution in [0.2, 0.25) is 0 Å². The lowest BCUT2D eigenvalue weighted by Gasteiger charge is -2.35. The predicted molar refractivity (Wildman–Crippen MR) is 364 cm³/mol. The van der Waals surface area contributed by atoms with E-state index in [0.717, 1.165) is 174 Å². The molecule has 0 radical (unpaired) electrons. The molecule has 0 spiro atoms. The van der Waals surface area contributed by atoms with Gasteiger partial charge in [0.1, 0.15) is 11.5 Å². The Morgan fingerprint density at radius 2 is 0.835 bits per heavy atom. The van der Waals surface area contributed by atoms with Gasteiger partial charge in [-0.05, 0) is 83.5 Å². The van der Waals surface area contributed by atoms with E-state index in [-0.39, 0.29) is 23.7 Å². The monoisotopic (exact) mass is 1370 g/mol. The van der Waals surface area contributed by atoms with E-state index < -0.39 is 24.3 Å². The average Bonchev–Trinajstić information content (AvgIpc) is 0.868. The quantitative estimate of drug-likeness (QED) is 0.00935. The van der Waals surface area contributed by atoms with E-state index in [4.69, 9.17) is 54.3 Å². The smallest absolute Gasteiger partial charge is 0.490 e. The molecule has 2 saturated heterocycles. The molecular formula is C70H104F6N10O11. The fourth-order valence-corrected chi connectivity index (χ4v) is 10.1. The van der Waals surface area contributed by atoms with Crippen LogP contribution in [0.25, 0.3) is 22.3 Å². The van der Waals surface area contributed by atoms with Crippen molar-refractivity contribution in [1.29, 1.82) is 10.8 Å². The third-order valence-electron chi connectivity index (χ3n) is 15.3. The number of piperazine rings is 2. The first-order chi connectivity index (χ1) is 46.3. The minimum absolute atomic E-state index is 0.0645. The molecule has 27 heteroatoms. The molecule has 0 bridgehead atoms. The van der Waals surface area contributed by atoms with E-state index in [1.807, 2.05) is 12.1 Å². The van der Waals surface area contributed by atoms with Crippen molar-refractivity contribution < 1.29 is 79.4 Å². The maximum Gasteiger partial charge on any atom is 0.490 e. The lowest BCUT2D eigenvalue weighted by molar-refractivity contribution is -0.193. The Balaban J connectivity index is 0.000000421. The molecule has 0 saturated carbocycles. The van der Waals surface area contributed by atoms with Gasteiger partial charge in [-0.15, -0.1) is 0 Å². The molecule has 0 aliphatic carbocycles. The number of ether oxygens (including phenoxy) is 5. The van der Waals surface area contributed by atoms with Gasteiger partial charge < -0.3 is 54.3 Å². The summed E-state index contributed by atoms with van der Waals surface area (Å²) in [6.45, 7) is 26.5. The lowest BCUT2D eigenvalue weighted by atomic mass is 9.99. The largest absolute Gasteiger partial charge is 0.493 e. The Hall–Kier alpha value is -7.40. The molecule has 4 aromatic carbocycles. The van der Waals surface area contributed by atoms with E-state index >= 15 is 0 Å². The van der Waals surface area contributed by atoms with Crippen LogP contribution >= 0.6 is 0 Å². The number of carbonyl (C=O) groups is 4. The zero-order chi connectivity index (χ0) is 71.6. The maximum atomic E-state index is 12.4. The number of nitrogens with one attached hydrogen (secondary N) is 6. The molecule has 8 N–H and O–H groups in total. The van der Waals surface area contributed by atoms with E-state index in [2.05, 4.69) is 141 Å². The summed E-state index contributed by atoms with van der Waals surface area (Å²) in [4.78, 5) is 52.7. The lowest BCUT2D eigenvalue weighted by Crippen LogP contribution is -2.46. The van der Waals surface area contributed by atoms with Gasteiger partial charge in [0.25, 0.3) is 0 Å². The Kier molecular flexibility index (Phi) is 40.4. The van der Waals surface area contributed by atoms with Crippen LogP contribution in [-0.4, -0.2) is 211 Å². The number of hydrogen-bond donors (Lipinski definition) is 8. The molecule has 0 aromatic heterocycles. The minimum atomic E-state index is -5.08. The summed E-state index contributed by atoms with van der Waals surface area (Å²) in [6, 6.07) is 30.0. The third kappa shape index (κ3) is 36.1. The number of rotatable bonds is 34. The number of hydrogen-bond acceptors (Lipinski definition) is 15. The summed E-state index contributed by atoms with van der Waals surface area (Å²) in [7, 11) is 5.16. The molecule has 2 amide bonds. The van der Waals surface area contributed by atoms with Crippen LogP contribution < -0.4 is 30.7 Å². The second-order valence-electron chi connectivity index (χ2n) is 23.9. The van der Waals surface area contributed by atoms with Crippen LogP contribution in [-0.2, 0) is 59.3 Å². The van der Waals surface area contributed by atoms with Crippen LogP contribution in [0.5, 0.6) is 11.5 Å². The Bertz CT molecular complexity index is 2900. The molecule has 0 unspecified atom stereocenters. The summed E-state index contributed by atoms with van der Waals surface area (Å²) in [5, 5.41) is 41.2. The second-order valence-corrected chi connectivity index (χ2v) is 23.9. The standard InChI is InChI=1S/C33H51N5O4.C33H51N5O3.2C2HF3O2/c1-4-5-16-35-33(34)36-32(39)15-11-27-10-14-30(31(25-27)42-24-7-23-41-3)29-12-8-28(9-13-29)26-38-20-18-37(19-21-38)17-6-22-40-2;1-5-6-16-35-33(34)36-32(39)15-11-27-10-14-30(31(23-27)41-22-7-21-40-4)29-12-8-28(9-13-29)25-38-19-17-37(18-20-38)24-26(2)3;2*3-2(4,5)1(6)7/h8-10,12-14,25H,4-7,11,15-24,26H2,1-3H3,(H3,34,35,36,39);8-10,12-14,23,26H,5-7,11,15-22,24-25H2,1-4H3,(H3,34,35,36,39);2*(H,6,7). The van der Waals surface area contributed by atoms with Gasteiger partial charge in [-0.3, -0.25) is 40.8 Å². The Morgan fingerprint density at radius 1 is 0.495 bits per heavy atom. The van der Waals surface area contributed by atoms with E-state index in [1.165, 1.54) is 17.7 Å². The summed E-state index contributed by atoms with van der Waals surface area (Å²) < 4.78 is 91.5. The molecule has 2 aliphatic rings. The fraction of sp³-hybridized carbons (Fsp3) is 0.571. The highest BCUT2D eigenvalue weighted by Crippen LogP contribution is 2.34. The summed E-state index contributed by atoms with van der Waals surface area (Å²) in [5.41, 5.74) is 9.01. The van der Waals surface area contributed by atoms with Gasteiger partial charge in [-0.1, -0.05) is 113 Å². The van der Waals surface area contributed by atoms with Crippen LogP contribution in [0.15, 0.2) is 84.9 Å². The van der Waals surface area contributed by atoms with Crippen molar-refractivity contribution in [2.45, 2.75) is 124 Å². The number of halogens is 6. The highest BCUT2D eigenvalue weighted by molar-refractivity contribution is 5.96. The van der Waals surface area contributed by atoms with Crippen molar-refractivity contribution in [1.82, 2.24) is 40.9 Å². The van der Waals surface area contributed by atoms with E-state index in [9.17, 15) is 35.9 Å². The van der Waals surface area contributed by atoms with Crippen molar-refractivity contribution >= 4 is 35.7 Å². The minimum Gasteiger partial charge on any atom is -0.493 e. The van der Waals surface area contributed by atoms with Crippen LogP contribution in [0.4, 0.5) is 26.3 Å². The number of methoxy groups -OCH3 is 3. The molecule has 2 heterocycles. The summed E-state index contributed by atoms with van der Waals surface area (Å²) in [6.07, 6.45) is -1.70. The Labute approximate surface area is 568 Å². The molecule has 2 aliphatic heterocycles. The number of carbonyl (C=O) groups excluding carboxylic acids is 2. The SMILES string of the molecule is CCCCNC(=N)NC(=O)CCc1ccc(-c2ccc(CN3CCN(CC(C)C)CC3)cc2)c(OCCCOC)c1.CCCCNC(=N)NC(=O)CCc1ccc(-c2ccc(CN3CCN(CCCOC)CC3)cc2)c(OCCCOC)c1.O=C(O)C(F)(F)F.O=C(O)C(F)(F)F. The first kappa shape index (κ1) is 83.8. The number of aryl methyl sites for hydroxylation is 2. The number of carboxylic acid groups (broad SMARTS) is 2. The van der Waals surface area contributed by atoms with Gasteiger partial charge in [-0.2, -0.15) is 26.3 Å². The number of carboxylic acids is 2. The normalized spacial score (nSPS) is 13.8. The van der Waals surface area contributed by atoms with Crippen molar-refractivity contribution in [3.8, 4) is 33.8 Å². The predicted octanol–water partition coefficient (Wildman–Crippen LogP) is 10.5. The van der Waals surface area contributed by atoms with Crippen molar-refractivity contribution in [2.24, 2.45) is 5.92 Å². The van der Waals surface area contributed by atoms with Gasteiger partial charge in [-0.25, -0.2) is 9.59 Å². The molecule has 6 rings (SSSR count). The zero-order valence-corrected chi connectivity index (χ0v) is 57.5. The summed E-state index contributed by atoms with van der Waals surface area (Å²) in [5.74, 6) is -3.36. The maximum absolute atomic E-state index is 12.4. The van der Waals surface area contributed by atoms with Crippen LogP contribution in [0, 0.1) is 16.7 Å². The number of unbranched alkanes of at least 4 members (excludes halogenated alkanes) is 2. The number of nitrogens with zero attached hydrogens (tertiary/aromatic N) is 4. The first-order valence-electron chi connectivity index (χ1n) is 33.2. The van der Waals surface area contributed by atoms with Crippen LogP contribution in [0.1, 0.15) is 108 Å². The summed E-state index contributed by atoms with van der Waals surface area (Å²) >= 11 is 0. The fourth-order valence-electron chi connectivity index (χ4n) is 10.1. The zero-order valence-electron chi connectivity index (χ0n) is 57.5. The van der Waals surface area contributed by atoms with E-state index in [1.54, 1.807) is 21.3 Å². The third-order valence-corrected chi connectivity index (χ3v) is 15.3. The highest BCUT2D eigenvalue weighted by Gasteiger charge is 2.39. The Morgan fingerprint density at radius 3 is 1.18 bits per heavy atom. The van der Waals surface area contributed by atoms with E-state index in [0.29, 0.717) is 65.2 Å². The van der Waals surface area contributed by atoms with Gasteiger partial charge in [0, 0.05) is 170 Å². The average molecular weight is 1380 g/mol. The number of amides is 2. The molecule has 542 valence electrons. The molecule has 97 heavy (non-hydrogen) atoms. The van der Waals surface area contributed by atoms with Gasteiger partial charge in [0.05, 0.1) is 13.2 Å². The topological polar surface area (TPSA) is 264 Å². The van der Waals surface area contributed by atoms with Crippen LogP contribution in [0.3, 0.4) is 0 Å². The molecule has 4 aromatic rings. The highest BCUT2D eigenvalue weighted by atomic mass is 19.4. The van der Waals surface area contributed by atoms with Crippen molar-refractivity contribution in [3.63, 3.8) is 0 Å². The first-order valence-corrected chi connectivity index (χ1v) is 33.2. The van der Waals surface area contributed by atoms with Crippen molar-refractivity contribution in [3.05, 3.63) is 107 Å².